The van der Waals surface area contributed by atoms with Crippen LogP contribution in [0.25, 0.3) is 11.3 Å². The van der Waals surface area contributed by atoms with Crippen LogP contribution in [0.3, 0.4) is 0 Å². The first-order valence-corrected chi connectivity index (χ1v) is 13.1. The van der Waals surface area contributed by atoms with E-state index in [-0.39, 0.29) is 0 Å². The van der Waals surface area contributed by atoms with Crippen molar-refractivity contribution in [2.45, 2.75) is 44.6 Å². The molecule has 10 nitrogen and oxygen atoms in total. The van der Waals surface area contributed by atoms with Gasteiger partial charge in [0, 0.05) is 36.2 Å². The Morgan fingerprint density at radius 3 is 2.73 bits per heavy atom. The van der Waals surface area contributed by atoms with E-state index in [9.17, 15) is 0 Å². The fraction of sp³-hybridized carbons (Fsp3) is 0.407. The van der Waals surface area contributed by atoms with Gasteiger partial charge in [0.05, 0.1) is 12.2 Å². The molecule has 2 fully saturated rings. The highest BCUT2D eigenvalue weighted by Crippen LogP contribution is 2.39. The third kappa shape index (κ3) is 6.26. The third-order valence-electron chi connectivity index (χ3n) is 6.71. The van der Waals surface area contributed by atoms with E-state index < -0.39 is 0 Å². The summed E-state index contributed by atoms with van der Waals surface area (Å²) in [5, 5.41) is 18.2. The maximum atomic E-state index is 6.06. The maximum Gasteiger partial charge on any atom is 0.228 e. The standard InChI is InChI=1S/C27H32N8O2/c1-3-7-19(8-4-1)23-15-21(37-34-23)18-28-27-30-24(29-25-16-22(32-33-25)20-9-10-20)17-26(31-27)36-14-13-35-11-5-2-6-12-35/h1,3-4,7-8,15-17,20H,2,5-6,9-14,18H2,(H3,28,29,30,31,32,33). The summed E-state index contributed by atoms with van der Waals surface area (Å²) in [4.78, 5) is 11.7. The van der Waals surface area contributed by atoms with E-state index in [0.29, 0.717) is 42.5 Å². The zero-order chi connectivity index (χ0) is 24.9. The number of aromatic nitrogens is 5. The van der Waals surface area contributed by atoms with E-state index in [0.717, 1.165) is 42.4 Å². The fourth-order valence-electron chi connectivity index (χ4n) is 4.54. The summed E-state index contributed by atoms with van der Waals surface area (Å²) in [6.07, 6.45) is 6.25. The van der Waals surface area contributed by atoms with Gasteiger partial charge in [-0.2, -0.15) is 15.1 Å². The van der Waals surface area contributed by atoms with Crippen molar-refractivity contribution in [3.05, 3.63) is 60.0 Å². The number of hydrogen-bond acceptors (Lipinski definition) is 9. The molecule has 6 rings (SSSR count). The molecule has 0 atom stereocenters. The number of anilines is 3. The summed E-state index contributed by atoms with van der Waals surface area (Å²) in [5.41, 5.74) is 2.89. The third-order valence-corrected chi connectivity index (χ3v) is 6.71. The van der Waals surface area contributed by atoms with Gasteiger partial charge >= 0.3 is 0 Å². The second-order valence-corrected chi connectivity index (χ2v) is 9.67. The number of rotatable bonds is 11. The second kappa shape index (κ2) is 11.0. The van der Waals surface area contributed by atoms with Gasteiger partial charge in [-0.3, -0.25) is 10.00 Å². The van der Waals surface area contributed by atoms with Crippen molar-refractivity contribution in [3.8, 4) is 17.1 Å². The lowest BCUT2D eigenvalue weighted by Gasteiger charge is -2.26. The first kappa shape index (κ1) is 23.5. The molecule has 1 aliphatic heterocycles. The molecular formula is C27H32N8O2. The number of likely N-dealkylation sites (tertiary alicyclic amines) is 1. The number of ether oxygens (including phenoxy) is 1. The van der Waals surface area contributed by atoms with Gasteiger partial charge in [-0.25, -0.2) is 0 Å². The van der Waals surface area contributed by atoms with Crippen molar-refractivity contribution in [2.24, 2.45) is 0 Å². The van der Waals surface area contributed by atoms with Crippen LogP contribution in [0.15, 0.2) is 53.1 Å². The first-order valence-electron chi connectivity index (χ1n) is 13.1. The Bertz CT molecular complexity index is 1290. The van der Waals surface area contributed by atoms with Crippen LogP contribution in [-0.4, -0.2) is 56.5 Å². The smallest absolute Gasteiger partial charge is 0.228 e. The largest absolute Gasteiger partial charge is 0.476 e. The molecular weight excluding hydrogens is 468 g/mol. The van der Waals surface area contributed by atoms with Crippen LogP contribution in [0.2, 0.25) is 0 Å². The minimum Gasteiger partial charge on any atom is -0.476 e. The normalized spacial score (nSPS) is 16.0. The van der Waals surface area contributed by atoms with E-state index in [1.54, 1.807) is 0 Å². The predicted octanol–water partition coefficient (Wildman–Crippen LogP) is 4.95. The number of hydrogen-bond donors (Lipinski definition) is 3. The van der Waals surface area contributed by atoms with Gasteiger partial charge in [-0.1, -0.05) is 41.9 Å². The molecule has 192 valence electrons. The predicted molar refractivity (Wildman–Crippen MR) is 141 cm³/mol. The van der Waals surface area contributed by atoms with E-state index >= 15 is 0 Å². The molecule has 2 aliphatic rings. The van der Waals surface area contributed by atoms with Gasteiger partial charge in [0.25, 0.3) is 0 Å². The van der Waals surface area contributed by atoms with Crippen molar-refractivity contribution in [1.82, 2.24) is 30.2 Å². The van der Waals surface area contributed by atoms with Gasteiger partial charge in [0.1, 0.15) is 23.9 Å². The number of H-pyrrole nitrogens is 1. The van der Waals surface area contributed by atoms with E-state index in [4.69, 9.17) is 9.26 Å². The van der Waals surface area contributed by atoms with Crippen LogP contribution in [0, 0.1) is 0 Å². The lowest BCUT2D eigenvalue weighted by atomic mass is 10.1. The Hall–Kier alpha value is -3.92. The molecule has 0 spiro atoms. The molecule has 3 N–H and O–H groups in total. The Morgan fingerprint density at radius 1 is 1.03 bits per heavy atom. The van der Waals surface area contributed by atoms with Gasteiger partial charge in [-0.15, -0.1) is 0 Å². The summed E-state index contributed by atoms with van der Waals surface area (Å²) in [7, 11) is 0. The van der Waals surface area contributed by atoms with Crippen LogP contribution in [0.1, 0.15) is 49.5 Å². The zero-order valence-electron chi connectivity index (χ0n) is 20.8. The zero-order valence-corrected chi connectivity index (χ0v) is 20.8. The Morgan fingerprint density at radius 2 is 1.89 bits per heavy atom. The molecule has 1 saturated heterocycles. The molecule has 1 aliphatic carbocycles. The maximum absolute atomic E-state index is 6.06. The summed E-state index contributed by atoms with van der Waals surface area (Å²) in [6, 6.07) is 15.7. The summed E-state index contributed by atoms with van der Waals surface area (Å²) in [6.45, 7) is 4.14. The first-order chi connectivity index (χ1) is 18.3. The highest BCUT2D eigenvalue weighted by molar-refractivity contribution is 5.59. The second-order valence-electron chi connectivity index (χ2n) is 9.67. The Kier molecular flexibility index (Phi) is 6.98. The van der Waals surface area contributed by atoms with Crippen molar-refractivity contribution >= 4 is 17.6 Å². The van der Waals surface area contributed by atoms with Crippen LogP contribution in [0.4, 0.5) is 17.6 Å². The average Bonchev–Trinajstić information content (AvgIpc) is 3.49. The van der Waals surface area contributed by atoms with E-state index in [1.807, 2.05) is 48.5 Å². The molecule has 0 bridgehead atoms. The van der Waals surface area contributed by atoms with E-state index in [2.05, 4.69) is 40.9 Å². The number of piperidine rings is 1. The molecule has 0 radical (unpaired) electrons. The molecule has 37 heavy (non-hydrogen) atoms. The molecule has 4 aromatic rings. The van der Waals surface area contributed by atoms with Gasteiger partial charge < -0.3 is 19.9 Å². The SMILES string of the molecule is c1ccc(-c2cc(CNc3nc(Nc4cc(C5CC5)n[nH]4)cc(OCCN4CCCCC4)n3)on2)cc1. The number of nitrogens with one attached hydrogen (secondary N) is 3. The van der Waals surface area contributed by atoms with Crippen LogP contribution in [-0.2, 0) is 6.54 Å². The number of nitrogens with zero attached hydrogens (tertiary/aromatic N) is 5. The topological polar surface area (TPSA) is 117 Å². The molecule has 4 heterocycles. The van der Waals surface area contributed by atoms with Crippen molar-refractivity contribution in [3.63, 3.8) is 0 Å². The minimum atomic E-state index is 0.395. The van der Waals surface area contributed by atoms with E-state index in [1.165, 1.54) is 32.1 Å². The molecule has 0 amide bonds. The van der Waals surface area contributed by atoms with Gasteiger partial charge in [0.2, 0.25) is 11.8 Å². The molecule has 3 aromatic heterocycles. The fourth-order valence-corrected chi connectivity index (χ4v) is 4.54. The Labute approximate surface area is 215 Å². The number of aromatic amines is 1. The molecule has 10 heteroatoms. The van der Waals surface area contributed by atoms with Crippen LogP contribution >= 0.6 is 0 Å². The Balaban J connectivity index is 1.14. The lowest BCUT2D eigenvalue weighted by Crippen LogP contribution is -2.33. The highest BCUT2D eigenvalue weighted by Gasteiger charge is 2.26. The summed E-state index contributed by atoms with van der Waals surface area (Å²) >= 11 is 0. The van der Waals surface area contributed by atoms with Crippen LogP contribution in [0.5, 0.6) is 5.88 Å². The molecule has 0 unspecified atom stereocenters. The summed E-state index contributed by atoms with van der Waals surface area (Å²) < 4.78 is 11.6. The quantitative estimate of drug-likeness (QED) is 0.263. The van der Waals surface area contributed by atoms with Gasteiger partial charge in [0.15, 0.2) is 5.76 Å². The minimum absolute atomic E-state index is 0.395. The monoisotopic (exact) mass is 500 g/mol. The number of benzene rings is 1. The van der Waals surface area contributed by atoms with Crippen molar-refractivity contribution < 1.29 is 9.26 Å². The molecule has 1 saturated carbocycles. The van der Waals surface area contributed by atoms with Crippen molar-refractivity contribution in [1.29, 1.82) is 0 Å². The van der Waals surface area contributed by atoms with Gasteiger partial charge in [-0.05, 0) is 38.8 Å². The van der Waals surface area contributed by atoms with Crippen LogP contribution < -0.4 is 15.4 Å². The highest BCUT2D eigenvalue weighted by atomic mass is 16.5. The lowest BCUT2D eigenvalue weighted by molar-refractivity contribution is 0.180. The average molecular weight is 501 g/mol. The summed E-state index contributed by atoms with van der Waals surface area (Å²) in [5.74, 6) is 3.65. The molecule has 1 aromatic carbocycles. The van der Waals surface area contributed by atoms with Crippen molar-refractivity contribution in [2.75, 3.05) is 36.9 Å².